The molecule has 6 rings (SSSR count). The summed E-state index contributed by atoms with van der Waals surface area (Å²) in [5.74, 6) is 0. The highest BCUT2D eigenvalue weighted by molar-refractivity contribution is 6.10. The van der Waals surface area contributed by atoms with Crippen LogP contribution in [0.25, 0.3) is 55.6 Å². The molecule has 0 heterocycles. The number of rotatable bonds is 5. The number of benzene rings is 6. The molecule has 0 aliphatic heterocycles. The second-order valence-electron chi connectivity index (χ2n) is 14.6. The molecule has 0 aromatic heterocycles. The predicted octanol–water partition coefficient (Wildman–Crippen LogP) is 13.7. The first-order chi connectivity index (χ1) is 22.8. The maximum atomic E-state index is 2.55. The van der Waals surface area contributed by atoms with Crippen LogP contribution in [-0.2, 0) is 0 Å². The molecule has 6 aromatic rings. The van der Waals surface area contributed by atoms with Crippen LogP contribution in [0.5, 0.6) is 0 Å². The molecule has 0 saturated heterocycles. The zero-order valence-electron chi connectivity index (χ0n) is 31.1. The number of hydrogen-bond donors (Lipinski definition) is 0. The Morgan fingerprint density at radius 1 is 0.250 bits per heavy atom. The minimum atomic E-state index is 1.24. The smallest absolute Gasteiger partial charge is 0.000878 e. The molecule has 0 aliphatic rings. The Kier molecular flexibility index (Phi) is 8.82. The zero-order chi connectivity index (χ0) is 34.6. The molecule has 0 radical (unpaired) electrons. The van der Waals surface area contributed by atoms with Gasteiger partial charge in [-0.15, -0.1) is 0 Å². The van der Waals surface area contributed by atoms with Crippen LogP contribution < -0.4 is 0 Å². The first-order valence-corrected chi connectivity index (χ1v) is 17.4. The van der Waals surface area contributed by atoms with E-state index in [1.807, 2.05) is 0 Å². The minimum Gasteiger partial charge on any atom is -0.0622 e. The van der Waals surface area contributed by atoms with Crippen LogP contribution in [0.15, 0.2) is 84.9 Å². The Morgan fingerprint density at radius 3 is 0.896 bits per heavy atom. The highest BCUT2D eigenvalue weighted by Gasteiger charge is 2.29. The first-order valence-electron chi connectivity index (χ1n) is 17.4. The van der Waals surface area contributed by atoms with E-state index in [1.54, 1.807) is 0 Å². The molecule has 6 aromatic carbocycles. The molecule has 0 fully saturated rings. The van der Waals surface area contributed by atoms with Crippen molar-refractivity contribution in [1.29, 1.82) is 0 Å². The molecule has 0 saturated carbocycles. The van der Waals surface area contributed by atoms with Crippen molar-refractivity contribution in [2.24, 2.45) is 0 Å². The van der Waals surface area contributed by atoms with E-state index in [1.165, 1.54) is 122 Å². The van der Waals surface area contributed by atoms with Gasteiger partial charge in [-0.25, -0.2) is 0 Å². The van der Waals surface area contributed by atoms with E-state index in [0.29, 0.717) is 0 Å². The summed E-state index contributed by atoms with van der Waals surface area (Å²) in [7, 11) is 0. The van der Waals surface area contributed by atoms with E-state index in [-0.39, 0.29) is 0 Å². The fourth-order valence-corrected chi connectivity index (χ4v) is 8.85. The standard InChI is InChI=1S/C48H50/c1-27-18-31(5)42(32(6)19-27)40-26-41(43-33(7)20-28(2)21-34(43)8)47(44-35(9)22-29(3)23-36(44)10)48(46(40)39-16-14-13-15-17-39)45-37(11)24-30(4)25-38(45)12/h13-26H,1-12H3. The second-order valence-corrected chi connectivity index (χ2v) is 14.6. The van der Waals surface area contributed by atoms with E-state index in [2.05, 4.69) is 168 Å². The maximum absolute atomic E-state index is 2.55. The zero-order valence-corrected chi connectivity index (χ0v) is 31.1. The highest BCUT2D eigenvalue weighted by atomic mass is 14.3. The first kappa shape index (κ1) is 33.2. The van der Waals surface area contributed by atoms with Gasteiger partial charge in [0.15, 0.2) is 0 Å². The molecule has 48 heavy (non-hydrogen) atoms. The quantitative estimate of drug-likeness (QED) is 0.179. The van der Waals surface area contributed by atoms with Crippen LogP contribution in [-0.4, -0.2) is 0 Å². The SMILES string of the molecule is Cc1cc(C)c(-c2cc(-c3c(C)cc(C)cc3C)c(-c3c(C)cc(C)cc3C)c(-c3c(C)cc(C)cc3C)c2-c2ccccc2)c(C)c1. The average Bonchev–Trinajstić information content (AvgIpc) is 2.96. The van der Waals surface area contributed by atoms with Crippen LogP contribution >= 0.6 is 0 Å². The van der Waals surface area contributed by atoms with Gasteiger partial charge in [-0.3, -0.25) is 0 Å². The van der Waals surface area contributed by atoms with Gasteiger partial charge in [0.05, 0.1) is 0 Å². The molecule has 0 unspecified atom stereocenters. The van der Waals surface area contributed by atoms with Gasteiger partial charge in [-0.1, -0.05) is 101 Å². The highest BCUT2D eigenvalue weighted by Crippen LogP contribution is 2.54. The molecular weight excluding hydrogens is 577 g/mol. The van der Waals surface area contributed by atoms with Gasteiger partial charge in [0.25, 0.3) is 0 Å². The lowest BCUT2D eigenvalue weighted by atomic mass is 9.73. The van der Waals surface area contributed by atoms with Gasteiger partial charge in [0.1, 0.15) is 0 Å². The Morgan fingerprint density at radius 2 is 0.542 bits per heavy atom. The van der Waals surface area contributed by atoms with Crippen molar-refractivity contribution < 1.29 is 0 Å². The number of hydrogen-bond acceptors (Lipinski definition) is 0. The molecule has 0 spiro atoms. The third-order valence-corrected chi connectivity index (χ3v) is 10.1. The summed E-state index contributed by atoms with van der Waals surface area (Å²) in [6, 6.07) is 32.6. The molecule has 242 valence electrons. The Labute approximate surface area is 289 Å². The maximum Gasteiger partial charge on any atom is -0.000878 e. The van der Waals surface area contributed by atoms with Gasteiger partial charge in [-0.05, 0) is 189 Å². The van der Waals surface area contributed by atoms with Gasteiger partial charge in [0, 0.05) is 0 Å². The molecule has 0 amide bonds. The third-order valence-electron chi connectivity index (χ3n) is 10.1. The Hall–Kier alpha value is -4.68. The van der Waals surface area contributed by atoms with Crippen molar-refractivity contribution in [1.82, 2.24) is 0 Å². The molecule has 0 N–H and O–H groups in total. The van der Waals surface area contributed by atoms with Crippen LogP contribution in [0, 0.1) is 83.1 Å². The van der Waals surface area contributed by atoms with Crippen molar-refractivity contribution in [3.63, 3.8) is 0 Å². The van der Waals surface area contributed by atoms with Crippen LogP contribution in [0.3, 0.4) is 0 Å². The molecule has 0 heteroatoms. The fraction of sp³-hybridized carbons (Fsp3) is 0.250. The molecule has 0 atom stereocenters. The summed E-state index contributed by atoms with van der Waals surface area (Å²) >= 11 is 0. The van der Waals surface area contributed by atoms with Crippen LogP contribution in [0.2, 0.25) is 0 Å². The van der Waals surface area contributed by atoms with Crippen LogP contribution in [0.4, 0.5) is 0 Å². The van der Waals surface area contributed by atoms with Gasteiger partial charge in [-0.2, -0.15) is 0 Å². The molecule has 0 nitrogen and oxygen atoms in total. The largest absolute Gasteiger partial charge is 0.0622 e. The average molecular weight is 627 g/mol. The van der Waals surface area contributed by atoms with Crippen molar-refractivity contribution in [3.8, 4) is 55.6 Å². The molecule has 0 aliphatic carbocycles. The van der Waals surface area contributed by atoms with Crippen LogP contribution in [0.1, 0.15) is 66.8 Å². The van der Waals surface area contributed by atoms with E-state index < -0.39 is 0 Å². The molecular formula is C48H50. The lowest BCUT2D eigenvalue weighted by molar-refractivity contribution is 1.29. The summed E-state index contributed by atoms with van der Waals surface area (Å²) in [5.41, 5.74) is 28.9. The lowest BCUT2D eigenvalue weighted by Crippen LogP contribution is -2.05. The van der Waals surface area contributed by atoms with Crippen molar-refractivity contribution in [2.75, 3.05) is 0 Å². The lowest BCUT2D eigenvalue weighted by Gasteiger charge is -2.29. The third kappa shape index (κ3) is 5.83. The normalized spacial score (nSPS) is 11.3. The summed E-state index contributed by atoms with van der Waals surface area (Å²) < 4.78 is 0. The Bertz CT molecular complexity index is 2130. The van der Waals surface area contributed by atoms with Gasteiger partial charge >= 0.3 is 0 Å². The van der Waals surface area contributed by atoms with E-state index >= 15 is 0 Å². The van der Waals surface area contributed by atoms with E-state index in [9.17, 15) is 0 Å². The number of aryl methyl sites for hydroxylation is 12. The summed E-state index contributed by atoms with van der Waals surface area (Å²) in [6.07, 6.45) is 0. The van der Waals surface area contributed by atoms with Gasteiger partial charge < -0.3 is 0 Å². The van der Waals surface area contributed by atoms with Crippen molar-refractivity contribution in [3.05, 3.63) is 152 Å². The summed E-state index contributed by atoms with van der Waals surface area (Å²) in [6.45, 7) is 27.2. The van der Waals surface area contributed by atoms with E-state index in [0.717, 1.165) is 0 Å². The van der Waals surface area contributed by atoms with Gasteiger partial charge in [0.2, 0.25) is 0 Å². The second kappa shape index (κ2) is 12.7. The Balaban J connectivity index is 2.01. The topological polar surface area (TPSA) is 0 Å². The summed E-state index contributed by atoms with van der Waals surface area (Å²) in [4.78, 5) is 0. The minimum absolute atomic E-state index is 1.24. The molecule has 0 bridgehead atoms. The van der Waals surface area contributed by atoms with Crippen molar-refractivity contribution >= 4 is 0 Å². The van der Waals surface area contributed by atoms with Crippen molar-refractivity contribution in [2.45, 2.75) is 83.1 Å². The monoisotopic (exact) mass is 626 g/mol. The predicted molar refractivity (Wildman–Crippen MR) is 210 cm³/mol. The summed E-state index contributed by atoms with van der Waals surface area (Å²) in [5, 5.41) is 0. The fourth-order valence-electron chi connectivity index (χ4n) is 8.85. The van der Waals surface area contributed by atoms with E-state index in [4.69, 9.17) is 0 Å².